The van der Waals surface area contributed by atoms with Crippen molar-refractivity contribution in [3.8, 4) is 0 Å². The Bertz CT molecular complexity index is 280. The Morgan fingerprint density at radius 2 is 1.85 bits per heavy atom. The normalized spacial score (nSPS) is 25.4. The fourth-order valence-electron chi connectivity index (χ4n) is 3.43. The van der Waals surface area contributed by atoms with Crippen LogP contribution in [0.25, 0.3) is 0 Å². The summed E-state index contributed by atoms with van der Waals surface area (Å²) in [5.74, 6) is 0.779. The minimum atomic E-state index is -0.00157. The maximum atomic E-state index is 12.0. The number of likely N-dealkylation sites (N-methyl/N-ethyl adjacent to an activating group) is 1. The average molecular weight is 357 g/mol. The molecule has 20 heavy (non-hydrogen) atoms. The van der Waals surface area contributed by atoms with Crippen molar-refractivity contribution >= 4 is 5.97 Å². The van der Waals surface area contributed by atoms with E-state index in [1.54, 1.807) is 0 Å². The molecule has 0 aromatic heterocycles. The zero-order chi connectivity index (χ0) is 13.0. The zero-order valence-corrected chi connectivity index (χ0v) is 16.3. The molecular formula is C16H30NO2Y-. The standard InChI is InChI=1S/C15H27NO2.CH3.Y/c1-12(11-13-7-4-3-5-8-13)18-15(17)14-9-6-10-16(14)2;;/h12-14H,3-11H2,1-2H3;1H3;/q;-1;/t12-,14-;;/m0../s1. The van der Waals surface area contributed by atoms with Gasteiger partial charge in [-0.05, 0) is 45.7 Å². The van der Waals surface area contributed by atoms with Crippen LogP contribution in [-0.4, -0.2) is 36.6 Å². The van der Waals surface area contributed by atoms with Crippen LogP contribution in [0.3, 0.4) is 0 Å². The van der Waals surface area contributed by atoms with Crippen molar-refractivity contribution < 1.29 is 42.2 Å². The van der Waals surface area contributed by atoms with Crippen LogP contribution in [-0.2, 0) is 42.2 Å². The Kier molecular flexibility index (Phi) is 10.6. The number of carbonyl (C=O) groups excluding carboxylic acids is 1. The summed E-state index contributed by atoms with van der Waals surface area (Å²) < 4.78 is 5.63. The molecule has 2 rings (SSSR count). The second kappa shape index (κ2) is 10.3. The van der Waals surface area contributed by atoms with Gasteiger partial charge in [0.25, 0.3) is 0 Å². The van der Waals surface area contributed by atoms with Gasteiger partial charge in [-0.15, -0.1) is 0 Å². The molecule has 2 fully saturated rings. The van der Waals surface area contributed by atoms with Crippen LogP contribution < -0.4 is 0 Å². The fourth-order valence-corrected chi connectivity index (χ4v) is 3.43. The molecule has 1 aliphatic heterocycles. The van der Waals surface area contributed by atoms with Gasteiger partial charge in [0.1, 0.15) is 6.04 Å². The van der Waals surface area contributed by atoms with E-state index in [2.05, 4.69) is 11.8 Å². The second-order valence-electron chi connectivity index (χ2n) is 6.13. The Hall–Kier alpha value is 0.534. The fraction of sp³-hybridized carbons (Fsp3) is 0.875. The summed E-state index contributed by atoms with van der Waals surface area (Å²) in [5, 5.41) is 0. The monoisotopic (exact) mass is 357 g/mol. The number of ether oxygens (including phenoxy) is 1. The van der Waals surface area contributed by atoms with Gasteiger partial charge in [-0.3, -0.25) is 9.69 Å². The van der Waals surface area contributed by atoms with Gasteiger partial charge in [-0.1, -0.05) is 32.1 Å². The molecule has 0 bridgehead atoms. The summed E-state index contributed by atoms with van der Waals surface area (Å²) in [4.78, 5) is 14.2. The minimum absolute atomic E-state index is 0. The summed E-state index contributed by atoms with van der Waals surface area (Å²) in [5.41, 5.74) is 0. The number of esters is 1. The van der Waals surface area contributed by atoms with Gasteiger partial charge in [-0.25, -0.2) is 0 Å². The second-order valence-corrected chi connectivity index (χ2v) is 6.13. The van der Waals surface area contributed by atoms with Crippen LogP contribution >= 0.6 is 0 Å². The van der Waals surface area contributed by atoms with E-state index in [9.17, 15) is 4.79 Å². The van der Waals surface area contributed by atoms with Crippen LogP contribution in [0.1, 0.15) is 58.3 Å². The van der Waals surface area contributed by atoms with Gasteiger partial charge < -0.3 is 12.2 Å². The van der Waals surface area contributed by atoms with E-state index in [1.165, 1.54) is 32.1 Å². The van der Waals surface area contributed by atoms with E-state index < -0.39 is 0 Å². The molecule has 0 aromatic rings. The number of hydrogen-bond donors (Lipinski definition) is 0. The molecule has 1 aliphatic carbocycles. The molecule has 0 aromatic carbocycles. The summed E-state index contributed by atoms with van der Waals surface area (Å²) in [6, 6.07) is 0.0128. The minimum Gasteiger partial charge on any atom is -0.461 e. The molecule has 1 heterocycles. The van der Waals surface area contributed by atoms with E-state index in [0.717, 1.165) is 31.7 Å². The molecule has 0 unspecified atom stereocenters. The Balaban J connectivity index is 0.00000180. The Labute approximate surface area is 150 Å². The molecule has 1 saturated heterocycles. The first-order valence-electron chi connectivity index (χ1n) is 7.57. The number of likely N-dealkylation sites (tertiary alicyclic amines) is 1. The number of nitrogens with zero attached hydrogens (tertiary/aromatic N) is 1. The largest absolute Gasteiger partial charge is 0.461 e. The van der Waals surface area contributed by atoms with Crippen molar-refractivity contribution in [3.05, 3.63) is 7.43 Å². The van der Waals surface area contributed by atoms with Crippen molar-refractivity contribution in [1.82, 2.24) is 4.90 Å². The van der Waals surface area contributed by atoms with Crippen molar-refractivity contribution in [2.24, 2.45) is 5.92 Å². The van der Waals surface area contributed by atoms with Gasteiger partial charge in [0.15, 0.2) is 0 Å². The molecule has 1 radical (unpaired) electrons. The topological polar surface area (TPSA) is 29.5 Å². The summed E-state index contributed by atoms with van der Waals surface area (Å²) in [6.07, 6.45) is 9.98. The van der Waals surface area contributed by atoms with Crippen LogP contribution in [0.15, 0.2) is 0 Å². The van der Waals surface area contributed by atoms with Crippen molar-refractivity contribution in [3.63, 3.8) is 0 Å². The third-order valence-electron chi connectivity index (χ3n) is 4.50. The maximum Gasteiger partial charge on any atom is 0.323 e. The predicted octanol–water partition coefficient (Wildman–Crippen LogP) is 3.43. The molecule has 2 aliphatic rings. The Morgan fingerprint density at radius 3 is 2.40 bits per heavy atom. The Morgan fingerprint density at radius 1 is 1.20 bits per heavy atom. The van der Waals surface area contributed by atoms with E-state index in [0.29, 0.717) is 0 Å². The first-order chi connectivity index (χ1) is 8.66. The van der Waals surface area contributed by atoms with Gasteiger partial charge in [0.2, 0.25) is 0 Å². The number of rotatable bonds is 4. The third kappa shape index (κ3) is 6.11. The van der Waals surface area contributed by atoms with Crippen LogP contribution in [0.5, 0.6) is 0 Å². The zero-order valence-electron chi connectivity index (χ0n) is 13.4. The molecular weight excluding hydrogens is 327 g/mol. The maximum absolute atomic E-state index is 12.0. The summed E-state index contributed by atoms with van der Waals surface area (Å²) in [7, 11) is 2.02. The first kappa shape index (κ1) is 20.5. The van der Waals surface area contributed by atoms with E-state index >= 15 is 0 Å². The molecule has 1 saturated carbocycles. The smallest absolute Gasteiger partial charge is 0.323 e. The van der Waals surface area contributed by atoms with E-state index in [-0.39, 0.29) is 58.3 Å². The van der Waals surface area contributed by atoms with Gasteiger partial charge in [0.05, 0.1) is 6.10 Å². The van der Waals surface area contributed by atoms with E-state index in [1.807, 2.05) is 7.05 Å². The molecule has 115 valence electrons. The molecule has 4 heteroatoms. The van der Waals surface area contributed by atoms with Gasteiger partial charge in [0, 0.05) is 32.7 Å². The quantitative estimate of drug-likeness (QED) is 0.570. The van der Waals surface area contributed by atoms with Crippen molar-refractivity contribution in [1.29, 1.82) is 0 Å². The van der Waals surface area contributed by atoms with Crippen molar-refractivity contribution in [2.75, 3.05) is 13.6 Å². The van der Waals surface area contributed by atoms with Crippen LogP contribution in [0.4, 0.5) is 0 Å². The molecule has 2 atom stereocenters. The van der Waals surface area contributed by atoms with Gasteiger partial charge >= 0.3 is 5.97 Å². The van der Waals surface area contributed by atoms with Crippen LogP contribution in [0, 0.1) is 13.3 Å². The summed E-state index contributed by atoms with van der Waals surface area (Å²) in [6.45, 7) is 3.08. The molecule has 3 nitrogen and oxygen atoms in total. The first-order valence-corrected chi connectivity index (χ1v) is 7.57. The number of carbonyl (C=O) groups is 1. The van der Waals surface area contributed by atoms with E-state index in [4.69, 9.17) is 4.74 Å². The average Bonchev–Trinajstić information content (AvgIpc) is 2.76. The number of hydrogen-bond acceptors (Lipinski definition) is 3. The molecule has 0 amide bonds. The SMILES string of the molecule is C[C@@H](CC1CCCCC1)OC(=O)[C@@H]1CCCN1C.[CH3-].[Y]. The molecule has 0 N–H and O–H groups in total. The molecule has 0 spiro atoms. The van der Waals surface area contributed by atoms with Crippen molar-refractivity contribution in [2.45, 2.75) is 70.4 Å². The third-order valence-corrected chi connectivity index (χ3v) is 4.50. The van der Waals surface area contributed by atoms with Gasteiger partial charge in [-0.2, -0.15) is 0 Å². The summed E-state index contributed by atoms with van der Waals surface area (Å²) >= 11 is 0. The van der Waals surface area contributed by atoms with Crippen LogP contribution in [0.2, 0.25) is 0 Å². The predicted molar refractivity (Wildman–Crippen MR) is 78.8 cm³/mol.